The fourth-order valence-electron chi connectivity index (χ4n) is 3.48. The van der Waals surface area contributed by atoms with E-state index in [9.17, 15) is 4.79 Å². The van der Waals surface area contributed by atoms with E-state index in [1.54, 1.807) is 11.3 Å². The van der Waals surface area contributed by atoms with Gasteiger partial charge in [-0.15, -0.1) is 23.7 Å². The number of fused-ring (bicyclic) bond motifs is 1. The van der Waals surface area contributed by atoms with Gasteiger partial charge in [-0.2, -0.15) is 0 Å². The van der Waals surface area contributed by atoms with Gasteiger partial charge in [0.1, 0.15) is 0 Å². The Morgan fingerprint density at radius 1 is 1.48 bits per heavy atom. The Labute approximate surface area is 136 Å². The summed E-state index contributed by atoms with van der Waals surface area (Å²) in [5.74, 6) is 0.174. The van der Waals surface area contributed by atoms with Gasteiger partial charge in [0.05, 0.1) is 5.69 Å². The lowest BCUT2D eigenvalue weighted by atomic mass is 9.82. The lowest BCUT2D eigenvalue weighted by Gasteiger charge is -2.25. The molecule has 3 rings (SSSR count). The number of amides is 1. The molecule has 4 nitrogen and oxygen atoms in total. The first-order valence-corrected chi connectivity index (χ1v) is 8.50. The molecule has 0 aromatic carbocycles. The largest absolute Gasteiger partial charge is 0.327 e. The van der Waals surface area contributed by atoms with Crippen LogP contribution < -0.4 is 11.1 Å². The summed E-state index contributed by atoms with van der Waals surface area (Å²) >= 11 is 1.61. The number of carbonyl (C=O) groups excluding carboxylic acids is 1. The monoisotopic (exact) mass is 329 g/mol. The number of nitrogens with one attached hydrogen (secondary N) is 1. The highest BCUT2D eigenvalue weighted by Crippen LogP contribution is 2.42. The van der Waals surface area contributed by atoms with E-state index >= 15 is 0 Å². The van der Waals surface area contributed by atoms with E-state index in [0.29, 0.717) is 0 Å². The number of rotatable bonds is 3. The first-order chi connectivity index (χ1) is 9.63. The van der Waals surface area contributed by atoms with Gasteiger partial charge in [-0.3, -0.25) is 4.79 Å². The normalized spacial score (nSPS) is 23.2. The van der Waals surface area contributed by atoms with Crippen molar-refractivity contribution in [2.75, 3.05) is 5.32 Å². The third-order valence-electron chi connectivity index (χ3n) is 4.92. The predicted octanol–water partition coefficient (Wildman–Crippen LogP) is 3.29. The maximum Gasteiger partial charge on any atom is 0.232 e. The molecule has 0 unspecified atom stereocenters. The molecule has 1 fully saturated rings. The topological polar surface area (TPSA) is 68.0 Å². The zero-order valence-electron chi connectivity index (χ0n) is 12.5. The van der Waals surface area contributed by atoms with Gasteiger partial charge in [0, 0.05) is 16.3 Å². The van der Waals surface area contributed by atoms with E-state index in [1.165, 1.54) is 17.7 Å². The Morgan fingerprint density at radius 2 is 2.19 bits per heavy atom. The fraction of sp³-hybridized carbons (Fsp3) is 0.733. The molecule has 118 valence electrons. The summed E-state index contributed by atoms with van der Waals surface area (Å²) in [5, 5.41) is 3.85. The summed E-state index contributed by atoms with van der Waals surface area (Å²) in [5.41, 5.74) is 6.99. The Kier molecular flexibility index (Phi) is 5.28. The Balaban J connectivity index is 0.00000161. The molecule has 0 radical (unpaired) electrons. The Hall–Kier alpha value is -0.650. The highest BCUT2D eigenvalue weighted by atomic mass is 35.5. The minimum absolute atomic E-state index is 0. The van der Waals surface area contributed by atoms with Crippen molar-refractivity contribution in [2.24, 2.45) is 11.1 Å². The summed E-state index contributed by atoms with van der Waals surface area (Å²) in [4.78, 5) is 18.4. The number of hydrogen-bond donors (Lipinski definition) is 2. The summed E-state index contributed by atoms with van der Waals surface area (Å²) in [6.45, 7) is 2.12. The van der Waals surface area contributed by atoms with E-state index in [0.717, 1.165) is 49.4 Å². The molecule has 3 N–H and O–H groups in total. The first-order valence-electron chi connectivity index (χ1n) is 7.68. The van der Waals surface area contributed by atoms with Crippen molar-refractivity contribution in [3.8, 4) is 0 Å². The zero-order valence-corrected chi connectivity index (χ0v) is 14.1. The second kappa shape index (κ2) is 6.63. The molecule has 1 heterocycles. The molecule has 1 saturated carbocycles. The number of aromatic nitrogens is 1. The van der Waals surface area contributed by atoms with Crippen molar-refractivity contribution >= 4 is 34.8 Å². The van der Waals surface area contributed by atoms with Crippen LogP contribution in [0.15, 0.2) is 0 Å². The minimum Gasteiger partial charge on any atom is -0.327 e. The van der Waals surface area contributed by atoms with E-state index in [1.807, 2.05) is 0 Å². The van der Waals surface area contributed by atoms with Crippen LogP contribution in [0.5, 0.6) is 0 Å². The van der Waals surface area contributed by atoms with Crippen LogP contribution in [0.1, 0.15) is 56.0 Å². The lowest BCUT2D eigenvalue weighted by Crippen LogP contribution is -2.33. The summed E-state index contributed by atoms with van der Waals surface area (Å²) in [6.07, 6.45) is 8.16. The van der Waals surface area contributed by atoms with E-state index in [2.05, 4.69) is 17.2 Å². The molecule has 2 aliphatic rings. The molecule has 1 aromatic rings. The van der Waals surface area contributed by atoms with Crippen LogP contribution in [0.4, 0.5) is 5.13 Å². The molecular formula is C15H24ClN3OS. The van der Waals surface area contributed by atoms with Crippen molar-refractivity contribution in [2.45, 2.75) is 64.3 Å². The van der Waals surface area contributed by atoms with Crippen LogP contribution in [-0.4, -0.2) is 16.9 Å². The summed E-state index contributed by atoms with van der Waals surface area (Å²) < 4.78 is 0. The van der Waals surface area contributed by atoms with Gasteiger partial charge >= 0.3 is 0 Å². The molecular weight excluding hydrogens is 306 g/mol. The second-order valence-electron chi connectivity index (χ2n) is 6.19. The quantitative estimate of drug-likeness (QED) is 0.894. The average Bonchev–Trinajstić information content (AvgIpc) is 3.04. The van der Waals surface area contributed by atoms with Crippen LogP contribution in [0.2, 0.25) is 0 Å². The van der Waals surface area contributed by atoms with Crippen LogP contribution in [0, 0.1) is 5.41 Å². The van der Waals surface area contributed by atoms with E-state index in [-0.39, 0.29) is 29.8 Å². The second-order valence-corrected chi connectivity index (χ2v) is 7.27. The zero-order chi connectivity index (χ0) is 14.2. The maximum atomic E-state index is 12.6. The van der Waals surface area contributed by atoms with Gasteiger partial charge in [0.15, 0.2) is 5.13 Å². The van der Waals surface area contributed by atoms with E-state index < -0.39 is 0 Å². The standard InChI is InChI=1S/C15H23N3OS.ClH/c1-2-15(7-3-4-8-15)13(19)18-14-17-11-6-5-10(16)9-12(11)20-14;/h10H,2-9,16H2,1H3,(H,17,18,19);1H/t10-;/m0./s1. The van der Waals surface area contributed by atoms with Gasteiger partial charge in [-0.25, -0.2) is 4.98 Å². The smallest absolute Gasteiger partial charge is 0.232 e. The van der Waals surface area contributed by atoms with Crippen molar-refractivity contribution in [1.82, 2.24) is 4.98 Å². The number of thiazole rings is 1. The van der Waals surface area contributed by atoms with Crippen molar-refractivity contribution < 1.29 is 4.79 Å². The Bertz CT molecular complexity index is 511. The fourth-order valence-corrected chi connectivity index (χ4v) is 4.57. The highest BCUT2D eigenvalue weighted by Gasteiger charge is 2.39. The number of nitrogens with zero attached hydrogens (tertiary/aromatic N) is 1. The van der Waals surface area contributed by atoms with Crippen molar-refractivity contribution in [3.63, 3.8) is 0 Å². The van der Waals surface area contributed by atoms with Gasteiger partial charge in [0.25, 0.3) is 0 Å². The number of halogens is 1. The number of anilines is 1. The number of hydrogen-bond acceptors (Lipinski definition) is 4. The third-order valence-corrected chi connectivity index (χ3v) is 5.95. The molecule has 2 aliphatic carbocycles. The van der Waals surface area contributed by atoms with Crippen LogP contribution in [0.3, 0.4) is 0 Å². The van der Waals surface area contributed by atoms with Gasteiger partial charge < -0.3 is 11.1 Å². The SMILES string of the molecule is CCC1(C(=O)Nc2nc3c(s2)C[C@@H](N)CC3)CCCC1.Cl. The number of nitrogens with two attached hydrogens (primary N) is 1. The first kappa shape index (κ1) is 16.7. The molecule has 1 aromatic heterocycles. The lowest BCUT2D eigenvalue weighted by molar-refractivity contribution is -0.125. The van der Waals surface area contributed by atoms with Crippen LogP contribution >= 0.6 is 23.7 Å². The molecule has 21 heavy (non-hydrogen) atoms. The number of carbonyl (C=O) groups is 1. The van der Waals surface area contributed by atoms with Crippen LogP contribution in [-0.2, 0) is 17.6 Å². The van der Waals surface area contributed by atoms with Gasteiger partial charge in [0.2, 0.25) is 5.91 Å². The molecule has 6 heteroatoms. The molecule has 1 amide bonds. The molecule has 0 aliphatic heterocycles. The summed E-state index contributed by atoms with van der Waals surface area (Å²) in [7, 11) is 0. The average molecular weight is 330 g/mol. The number of aryl methyl sites for hydroxylation is 1. The highest BCUT2D eigenvalue weighted by molar-refractivity contribution is 7.15. The maximum absolute atomic E-state index is 12.6. The van der Waals surface area contributed by atoms with Gasteiger partial charge in [-0.1, -0.05) is 19.8 Å². The summed E-state index contributed by atoms with van der Waals surface area (Å²) in [6, 6.07) is 0.253. The predicted molar refractivity (Wildman–Crippen MR) is 89.2 cm³/mol. The Morgan fingerprint density at radius 3 is 2.86 bits per heavy atom. The van der Waals surface area contributed by atoms with Crippen molar-refractivity contribution in [1.29, 1.82) is 0 Å². The molecule has 0 spiro atoms. The molecule has 0 bridgehead atoms. The molecule has 1 atom stereocenters. The van der Waals surface area contributed by atoms with Crippen LogP contribution in [0.25, 0.3) is 0 Å². The molecule has 0 saturated heterocycles. The van der Waals surface area contributed by atoms with Crippen molar-refractivity contribution in [3.05, 3.63) is 10.6 Å². The van der Waals surface area contributed by atoms with Gasteiger partial charge in [-0.05, 0) is 38.5 Å². The minimum atomic E-state index is -0.150. The third kappa shape index (κ3) is 3.25. The van der Waals surface area contributed by atoms with E-state index in [4.69, 9.17) is 5.73 Å².